The number of aliphatic hydroxyl groups excluding tert-OH is 4. The molecule has 1 unspecified atom stereocenters. The number of non-ortho nitro benzene ring substituents is 1. The number of carbonyl (C=O) groups excluding carboxylic acids is 2. The molecule has 204 valence electrons. The highest BCUT2D eigenvalue weighted by molar-refractivity contribution is 6.53. The molecule has 0 aromatic heterocycles. The van der Waals surface area contributed by atoms with Gasteiger partial charge in [-0.3, -0.25) is 24.5 Å². The quantitative estimate of drug-likeness (QED) is 0.0998. The van der Waals surface area contributed by atoms with E-state index in [0.717, 1.165) is 0 Å². The molecule has 0 bridgehead atoms. The fourth-order valence-electron chi connectivity index (χ4n) is 2.66. The minimum absolute atomic E-state index is 0.0135. The zero-order valence-electron chi connectivity index (χ0n) is 19.6. The van der Waals surface area contributed by atoms with Crippen molar-refractivity contribution in [1.29, 1.82) is 0 Å². The number of amides is 2. The summed E-state index contributed by atoms with van der Waals surface area (Å²) in [6.45, 7) is 2.63. The van der Waals surface area contributed by atoms with E-state index in [1.54, 1.807) is 13.8 Å². The third-order valence-corrected chi connectivity index (χ3v) is 5.33. The van der Waals surface area contributed by atoms with Gasteiger partial charge in [0.25, 0.3) is 11.6 Å². The number of nitro benzene ring substituents is 1. The molecule has 0 aliphatic carbocycles. The largest absolute Gasteiger partial charge is 0.481 e. The topological polar surface area (TPSA) is 220 Å². The Bertz CT molecular complexity index is 868. The highest BCUT2D eigenvalue weighted by atomic mass is 35.5. The summed E-state index contributed by atoms with van der Waals surface area (Å²) in [6.07, 6.45) is -2.40. The van der Waals surface area contributed by atoms with Crippen molar-refractivity contribution < 1.29 is 44.8 Å². The Morgan fingerprint density at radius 2 is 1.64 bits per heavy atom. The van der Waals surface area contributed by atoms with Crippen molar-refractivity contribution in [3.63, 3.8) is 0 Å². The van der Waals surface area contributed by atoms with Gasteiger partial charge in [-0.15, -0.1) is 0 Å². The van der Waals surface area contributed by atoms with Gasteiger partial charge in [0.2, 0.25) is 5.91 Å². The van der Waals surface area contributed by atoms with Gasteiger partial charge >= 0.3 is 5.97 Å². The van der Waals surface area contributed by atoms with E-state index in [2.05, 4.69) is 10.6 Å². The SMILES string of the molecule is CC(C)(CCO)C(O)C(=O)NCCC(=O)O.O=C(N[C@H](CO)[C@H](O)c1ccc([N+](=O)[O-])cc1)C(Cl)Cl. The lowest BCUT2D eigenvalue weighted by molar-refractivity contribution is -0.384. The van der Waals surface area contributed by atoms with Gasteiger partial charge in [0, 0.05) is 30.7 Å². The van der Waals surface area contributed by atoms with Gasteiger partial charge in [-0.05, 0) is 24.1 Å². The maximum atomic E-state index is 11.4. The molecule has 1 aromatic carbocycles. The van der Waals surface area contributed by atoms with Crippen LogP contribution in [0, 0.1) is 15.5 Å². The molecular formula is C21H31Cl2N3O10. The molecule has 1 aromatic rings. The second-order valence-corrected chi connectivity index (χ2v) is 9.29. The number of hydrogen-bond acceptors (Lipinski definition) is 9. The number of carbonyl (C=O) groups is 3. The lowest BCUT2D eigenvalue weighted by atomic mass is 9.83. The first-order chi connectivity index (χ1) is 16.7. The molecule has 0 aliphatic heterocycles. The molecule has 2 amide bonds. The van der Waals surface area contributed by atoms with E-state index in [0.29, 0.717) is 12.0 Å². The number of benzene rings is 1. The normalized spacial score (nSPS) is 13.6. The molecule has 0 spiro atoms. The van der Waals surface area contributed by atoms with E-state index in [1.165, 1.54) is 24.3 Å². The maximum absolute atomic E-state index is 11.4. The molecule has 13 nitrogen and oxygen atoms in total. The van der Waals surface area contributed by atoms with Crippen molar-refractivity contribution in [3.8, 4) is 0 Å². The van der Waals surface area contributed by atoms with Crippen LogP contribution in [-0.4, -0.2) is 85.0 Å². The van der Waals surface area contributed by atoms with Gasteiger partial charge in [-0.2, -0.15) is 0 Å². The van der Waals surface area contributed by atoms with Gasteiger partial charge < -0.3 is 36.2 Å². The fourth-order valence-corrected chi connectivity index (χ4v) is 2.79. The summed E-state index contributed by atoms with van der Waals surface area (Å²) in [5, 5.41) is 61.1. The van der Waals surface area contributed by atoms with Gasteiger partial charge in [0.05, 0.1) is 24.0 Å². The van der Waals surface area contributed by atoms with Gasteiger partial charge in [0.15, 0.2) is 4.84 Å². The summed E-state index contributed by atoms with van der Waals surface area (Å²) in [5.41, 5.74) is -0.565. The van der Waals surface area contributed by atoms with Crippen LogP contribution < -0.4 is 10.6 Å². The first kappa shape index (κ1) is 33.4. The number of nitrogens with one attached hydrogen (secondary N) is 2. The van der Waals surface area contributed by atoms with Gasteiger partial charge in [-0.1, -0.05) is 37.0 Å². The number of aliphatic hydroxyl groups is 4. The second-order valence-electron chi connectivity index (χ2n) is 8.19. The monoisotopic (exact) mass is 555 g/mol. The molecule has 0 aliphatic rings. The Kier molecular flexibility index (Phi) is 15.1. The molecule has 0 saturated heterocycles. The van der Waals surface area contributed by atoms with E-state index >= 15 is 0 Å². The second kappa shape index (κ2) is 16.2. The number of carboxylic acids is 1. The number of nitrogens with zero attached hydrogens (tertiary/aromatic N) is 1. The van der Waals surface area contributed by atoms with Crippen LogP contribution in [0.3, 0.4) is 0 Å². The summed E-state index contributed by atoms with van der Waals surface area (Å²) in [6, 6.07) is 4.05. The number of aliphatic carboxylic acids is 1. The predicted molar refractivity (Wildman–Crippen MR) is 129 cm³/mol. The van der Waals surface area contributed by atoms with Crippen molar-refractivity contribution in [2.45, 2.75) is 49.8 Å². The van der Waals surface area contributed by atoms with Crippen LogP contribution in [-0.2, 0) is 14.4 Å². The number of hydrogen-bond donors (Lipinski definition) is 7. The van der Waals surface area contributed by atoms with Crippen LogP contribution in [0.4, 0.5) is 5.69 Å². The minimum atomic E-state index is -1.33. The number of carboxylic acid groups (broad SMARTS) is 1. The molecule has 7 N–H and O–H groups in total. The average molecular weight is 556 g/mol. The first-order valence-electron chi connectivity index (χ1n) is 10.6. The Morgan fingerprint density at radius 3 is 2.06 bits per heavy atom. The Balaban J connectivity index is 0.000000700. The van der Waals surface area contributed by atoms with E-state index in [9.17, 15) is 34.7 Å². The van der Waals surface area contributed by atoms with E-state index < -0.39 is 57.8 Å². The Morgan fingerprint density at radius 1 is 1.08 bits per heavy atom. The summed E-state index contributed by atoms with van der Waals surface area (Å²) in [7, 11) is 0. The molecule has 0 saturated carbocycles. The maximum Gasteiger partial charge on any atom is 0.305 e. The van der Waals surface area contributed by atoms with E-state index in [-0.39, 0.29) is 25.3 Å². The lowest BCUT2D eigenvalue weighted by Crippen LogP contribution is -2.44. The van der Waals surface area contributed by atoms with E-state index in [1.807, 2.05) is 0 Å². The van der Waals surface area contributed by atoms with Crippen molar-refractivity contribution in [2.75, 3.05) is 19.8 Å². The third kappa shape index (κ3) is 11.9. The Hall–Kier alpha value is -2.55. The highest BCUT2D eigenvalue weighted by Crippen LogP contribution is 2.25. The summed E-state index contributed by atoms with van der Waals surface area (Å²) >= 11 is 10.7. The molecule has 15 heteroatoms. The molecule has 0 radical (unpaired) electrons. The molecule has 0 fully saturated rings. The molecular weight excluding hydrogens is 525 g/mol. The summed E-state index contributed by atoms with van der Waals surface area (Å²) < 4.78 is 0. The van der Waals surface area contributed by atoms with Crippen LogP contribution in [0.5, 0.6) is 0 Å². The smallest absolute Gasteiger partial charge is 0.305 e. The fraction of sp³-hybridized carbons (Fsp3) is 0.571. The number of halogens is 2. The van der Waals surface area contributed by atoms with Crippen molar-refractivity contribution in [3.05, 3.63) is 39.9 Å². The molecule has 36 heavy (non-hydrogen) atoms. The number of rotatable bonds is 13. The van der Waals surface area contributed by atoms with Crippen molar-refractivity contribution in [2.24, 2.45) is 5.41 Å². The zero-order chi connectivity index (χ0) is 28.1. The van der Waals surface area contributed by atoms with Crippen LogP contribution in [0.15, 0.2) is 24.3 Å². The van der Waals surface area contributed by atoms with E-state index in [4.69, 9.17) is 38.5 Å². The highest BCUT2D eigenvalue weighted by Gasteiger charge is 2.32. The number of nitro groups is 1. The van der Waals surface area contributed by atoms with Crippen LogP contribution in [0.1, 0.15) is 38.4 Å². The van der Waals surface area contributed by atoms with Gasteiger partial charge in [-0.25, -0.2) is 0 Å². The van der Waals surface area contributed by atoms with Crippen LogP contribution >= 0.6 is 23.2 Å². The lowest BCUT2D eigenvalue weighted by Gasteiger charge is -2.28. The minimum Gasteiger partial charge on any atom is -0.481 e. The zero-order valence-corrected chi connectivity index (χ0v) is 21.1. The first-order valence-corrected chi connectivity index (χ1v) is 11.4. The van der Waals surface area contributed by atoms with Crippen molar-refractivity contribution >= 4 is 46.7 Å². The Labute approximate surface area is 217 Å². The van der Waals surface area contributed by atoms with Crippen LogP contribution in [0.25, 0.3) is 0 Å². The molecule has 1 rings (SSSR count). The summed E-state index contributed by atoms with van der Waals surface area (Å²) in [5.74, 6) is -2.38. The molecule has 3 atom stereocenters. The standard InChI is InChI=1S/C11H12Cl2N2O5.C10H19NO5/c12-10(13)11(18)14-8(5-16)9(17)6-1-3-7(4-2-6)15(19)20;1-10(2,4-6-12)8(15)9(16)11-5-3-7(13)14/h1-4,8-10,16-17H,5H2,(H,14,18);8,12,15H,3-6H2,1-2H3,(H,11,16)(H,13,14)/t8-,9-;/m1./s1. The average Bonchev–Trinajstić information content (AvgIpc) is 2.81. The summed E-state index contributed by atoms with van der Waals surface area (Å²) in [4.78, 5) is 41.5. The van der Waals surface area contributed by atoms with Crippen LogP contribution in [0.2, 0.25) is 0 Å². The number of alkyl halides is 2. The predicted octanol–water partition coefficient (Wildman–Crippen LogP) is 0.256. The van der Waals surface area contributed by atoms with Gasteiger partial charge in [0.1, 0.15) is 12.2 Å². The molecule has 0 heterocycles. The third-order valence-electron chi connectivity index (χ3n) is 4.93. The van der Waals surface area contributed by atoms with Crippen molar-refractivity contribution in [1.82, 2.24) is 10.6 Å².